The van der Waals surface area contributed by atoms with Gasteiger partial charge in [0.2, 0.25) is 11.8 Å². The number of amides is 2. The van der Waals surface area contributed by atoms with E-state index in [-0.39, 0.29) is 55.7 Å². The smallest absolute Gasteiger partial charge is 0.288 e. The van der Waals surface area contributed by atoms with Crippen molar-refractivity contribution in [2.45, 2.75) is 179 Å². The van der Waals surface area contributed by atoms with Gasteiger partial charge in [-0.1, -0.05) is 51.1 Å². The number of methoxy groups -OCH3 is 1. The molecule has 0 bridgehead atoms. The Morgan fingerprint density at radius 2 is 1.68 bits per heavy atom. The van der Waals surface area contributed by atoms with Crippen LogP contribution in [0.25, 0.3) is 0 Å². The molecule has 2 amide bonds. The fourth-order valence-electron chi connectivity index (χ4n) is 9.50. The molecule has 16 atom stereocenters. The fraction of sp³-hybridized carbons (Fsp3) is 0.795. The lowest BCUT2D eigenvalue weighted by atomic mass is 9.77. The van der Waals surface area contributed by atoms with Gasteiger partial charge in [-0.15, -0.1) is 0 Å². The van der Waals surface area contributed by atoms with Crippen LogP contribution in [-0.4, -0.2) is 155 Å². The first-order valence-electron chi connectivity index (χ1n) is 21.4. The topological polar surface area (TPSA) is 181 Å². The van der Waals surface area contributed by atoms with Crippen molar-refractivity contribution in [2.75, 3.05) is 27.7 Å². The molecule has 8 unspecified atom stereocenters. The lowest BCUT2D eigenvalue weighted by Crippen LogP contribution is -2.60. The van der Waals surface area contributed by atoms with Gasteiger partial charge in [-0.25, -0.2) is 4.99 Å². The number of nitrogens with zero attached hydrogens (tertiary/aromatic N) is 3. The summed E-state index contributed by atoms with van der Waals surface area (Å²) in [5.74, 6) is -2.55. The predicted molar refractivity (Wildman–Crippen MR) is 221 cm³/mol. The Morgan fingerprint density at radius 1 is 1.00 bits per heavy atom. The van der Waals surface area contributed by atoms with E-state index in [9.17, 15) is 24.9 Å². The molecule has 15 nitrogen and oxygen atoms in total. The number of fused-ring (bicyclic) bond motifs is 1. The van der Waals surface area contributed by atoms with Crippen LogP contribution in [0.2, 0.25) is 0 Å². The molecule has 0 spiro atoms. The minimum Gasteiger partial charge on any atom is -0.454 e. The van der Waals surface area contributed by atoms with Crippen molar-refractivity contribution in [1.82, 2.24) is 15.1 Å². The van der Waals surface area contributed by atoms with Gasteiger partial charge in [0.25, 0.3) is 6.02 Å². The number of nitrogens with one attached hydrogen (secondary N) is 1. The van der Waals surface area contributed by atoms with E-state index in [2.05, 4.69) is 5.32 Å². The number of ether oxygens (including phenoxy) is 6. The first kappa shape index (κ1) is 47.2. The van der Waals surface area contributed by atoms with E-state index in [4.69, 9.17) is 33.4 Å². The van der Waals surface area contributed by atoms with Crippen LogP contribution in [0.15, 0.2) is 35.3 Å². The zero-order valence-corrected chi connectivity index (χ0v) is 37.2. The third kappa shape index (κ3) is 11.1. The molecule has 4 saturated heterocycles. The highest BCUT2D eigenvalue weighted by atomic mass is 16.7. The molecule has 0 saturated carbocycles. The standard InChI is InChI=1S/C44H72N4O11/c1-24(2)45-42-48(11)32-18-26(4)55-41(37(32)58-42)59-39-27(5)36(57-35-22-44(9,54-12)38(51)29(7)56-35)28(6)40(52)46-31(19-30-16-14-13-15-17-30)33(49)20-34(50)47(10)23-25(3)21-43(39,8)53/h13-17,24-29,31-33,35-39,41,49,51,53H,18-23H2,1-12H3,(H,46,52)/b45-42+/t25-,26-,27+,28?,29+,31?,32?,33+,35+,36?,37?,38+,39-,41?,43?,44?/m1/s1. The summed E-state index contributed by atoms with van der Waals surface area (Å²) in [6, 6.07) is 9.05. The monoisotopic (exact) mass is 833 g/mol. The molecule has 0 aromatic heterocycles. The highest BCUT2D eigenvalue weighted by molar-refractivity contribution is 5.80. The first-order valence-corrected chi connectivity index (χ1v) is 21.4. The summed E-state index contributed by atoms with van der Waals surface area (Å²) < 4.78 is 38.9. The number of likely N-dealkylation sites (N-methyl/N-ethyl adjacent to an activating group) is 1. The number of aliphatic imine (C=N–C) groups is 1. The zero-order valence-electron chi connectivity index (χ0n) is 37.2. The van der Waals surface area contributed by atoms with Crippen LogP contribution in [0.4, 0.5) is 0 Å². The minimum atomic E-state index is -1.56. The van der Waals surface area contributed by atoms with Crippen LogP contribution in [0.1, 0.15) is 93.6 Å². The summed E-state index contributed by atoms with van der Waals surface area (Å²) in [6.07, 6.45) is -6.31. The number of rotatable bonds is 8. The molecular weight excluding hydrogens is 761 g/mol. The van der Waals surface area contributed by atoms with Gasteiger partial charge in [-0.3, -0.25) is 9.59 Å². The maximum Gasteiger partial charge on any atom is 0.288 e. The summed E-state index contributed by atoms with van der Waals surface area (Å²) in [5, 5.41) is 38.5. The molecule has 1 aromatic carbocycles. The van der Waals surface area contributed by atoms with Gasteiger partial charge in [0, 0.05) is 46.1 Å². The third-order valence-corrected chi connectivity index (χ3v) is 12.8. The van der Waals surface area contributed by atoms with Crippen LogP contribution in [0, 0.1) is 17.8 Å². The van der Waals surface area contributed by atoms with E-state index in [1.807, 2.05) is 76.9 Å². The zero-order chi connectivity index (χ0) is 43.6. The van der Waals surface area contributed by atoms with Crippen LogP contribution < -0.4 is 5.32 Å². The summed E-state index contributed by atoms with van der Waals surface area (Å²) >= 11 is 0. The number of amidine groups is 1. The maximum absolute atomic E-state index is 14.6. The highest BCUT2D eigenvalue weighted by Crippen LogP contribution is 2.41. The Bertz CT molecular complexity index is 1580. The Labute approximate surface area is 351 Å². The van der Waals surface area contributed by atoms with E-state index in [0.717, 1.165) is 5.56 Å². The number of hydrogen-bond donors (Lipinski definition) is 4. The van der Waals surface area contributed by atoms with Crippen LogP contribution in [0.3, 0.4) is 0 Å². The lowest BCUT2D eigenvalue weighted by Gasteiger charge is -2.48. The van der Waals surface area contributed by atoms with Gasteiger partial charge in [-0.2, -0.15) is 0 Å². The van der Waals surface area contributed by atoms with Crippen molar-refractivity contribution in [2.24, 2.45) is 22.7 Å². The number of benzene rings is 1. The first-order chi connectivity index (χ1) is 27.6. The van der Waals surface area contributed by atoms with E-state index >= 15 is 0 Å². The Morgan fingerprint density at radius 3 is 2.32 bits per heavy atom. The van der Waals surface area contributed by atoms with Crippen LogP contribution in [-0.2, 0) is 44.4 Å². The van der Waals surface area contributed by atoms with E-state index in [1.165, 1.54) is 7.11 Å². The molecule has 334 valence electrons. The molecule has 5 rings (SSSR count). The Kier molecular flexibility index (Phi) is 15.5. The Hall–Kier alpha value is -2.89. The van der Waals surface area contributed by atoms with Crippen molar-refractivity contribution < 1.29 is 53.3 Å². The molecular formula is C44H72N4O11. The molecule has 4 aliphatic heterocycles. The molecule has 4 fully saturated rings. The van der Waals surface area contributed by atoms with Gasteiger partial charge in [-0.05, 0) is 72.3 Å². The molecule has 15 heteroatoms. The molecule has 4 heterocycles. The van der Waals surface area contributed by atoms with Gasteiger partial charge in [0.1, 0.15) is 6.10 Å². The number of hydrogen-bond acceptors (Lipinski definition) is 12. The Balaban J connectivity index is 1.58. The molecule has 4 aliphatic rings. The van der Waals surface area contributed by atoms with Crippen molar-refractivity contribution in [1.29, 1.82) is 0 Å². The quantitative estimate of drug-likeness (QED) is 0.301. The van der Waals surface area contributed by atoms with Crippen LogP contribution in [0.5, 0.6) is 0 Å². The summed E-state index contributed by atoms with van der Waals surface area (Å²) in [6.45, 7) is 17.1. The molecule has 0 aliphatic carbocycles. The van der Waals surface area contributed by atoms with Crippen molar-refractivity contribution in [3.63, 3.8) is 0 Å². The van der Waals surface area contributed by atoms with Crippen molar-refractivity contribution >= 4 is 17.8 Å². The van der Waals surface area contributed by atoms with E-state index in [0.29, 0.717) is 19.0 Å². The maximum atomic E-state index is 14.6. The molecule has 0 radical (unpaired) electrons. The summed E-state index contributed by atoms with van der Waals surface area (Å²) in [4.78, 5) is 36.5. The van der Waals surface area contributed by atoms with Gasteiger partial charge in [0.15, 0.2) is 18.7 Å². The molecule has 1 aromatic rings. The SMILES string of the molecule is COC1(C)C[C@H](OC2C(C)C(=O)NC(Cc3ccccc3)[C@@H](O)CC(=O)N(C)C[C@H](C)CC(C)(O)[C@H](OC3O[C@H](C)CC4C3O/C(=N/C(C)C)N4C)[C@H]2C)O[C@@H](C)[C@@H]1O. The number of carbonyl (C=O) groups is 2. The van der Waals surface area contributed by atoms with Crippen LogP contribution >= 0.6 is 0 Å². The average Bonchev–Trinajstić information content (AvgIpc) is 3.46. The van der Waals surface area contributed by atoms with E-state index in [1.54, 1.807) is 39.6 Å². The summed E-state index contributed by atoms with van der Waals surface area (Å²) in [5.41, 5.74) is -1.70. The number of aliphatic hydroxyl groups is 3. The molecule has 59 heavy (non-hydrogen) atoms. The minimum absolute atomic E-state index is 0.00824. The normalized spacial score (nSPS) is 42.5. The second-order valence-corrected chi connectivity index (χ2v) is 18.6. The largest absolute Gasteiger partial charge is 0.454 e. The van der Waals surface area contributed by atoms with Crippen molar-refractivity contribution in [3.8, 4) is 0 Å². The average molecular weight is 833 g/mol. The molecule has 4 N–H and O–H groups in total. The number of carbonyl (C=O) groups excluding carboxylic acids is 2. The second-order valence-electron chi connectivity index (χ2n) is 18.6. The second kappa shape index (κ2) is 19.4. The van der Waals surface area contributed by atoms with E-state index < -0.39 is 84.2 Å². The number of aliphatic hydroxyl groups excluding tert-OH is 2. The van der Waals surface area contributed by atoms with Crippen molar-refractivity contribution in [3.05, 3.63) is 35.9 Å². The third-order valence-electron chi connectivity index (χ3n) is 12.8. The van der Waals surface area contributed by atoms with Gasteiger partial charge >= 0.3 is 0 Å². The predicted octanol–water partition coefficient (Wildman–Crippen LogP) is 3.26. The van der Waals surface area contributed by atoms with Gasteiger partial charge in [0.05, 0.1) is 66.1 Å². The van der Waals surface area contributed by atoms with Gasteiger partial charge < -0.3 is 58.9 Å². The summed E-state index contributed by atoms with van der Waals surface area (Å²) in [7, 11) is 5.16. The fourth-order valence-corrected chi connectivity index (χ4v) is 9.50. The highest BCUT2D eigenvalue weighted by Gasteiger charge is 2.54. The lowest BCUT2D eigenvalue weighted by molar-refractivity contribution is -0.313.